The third-order valence-electron chi connectivity index (χ3n) is 4.50. The van der Waals surface area contributed by atoms with E-state index in [0.717, 1.165) is 35.0 Å². The van der Waals surface area contributed by atoms with Crippen LogP contribution < -0.4 is 14.8 Å². The van der Waals surface area contributed by atoms with Gasteiger partial charge in [0.15, 0.2) is 0 Å². The van der Waals surface area contributed by atoms with Crippen LogP contribution >= 0.6 is 11.6 Å². The van der Waals surface area contributed by atoms with Crippen molar-refractivity contribution in [3.63, 3.8) is 0 Å². The fraction of sp³-hybridized carbons (Fsp3) is 0.350. The molecule has 8 nitrogen and oxygen atoms in total. The monoisotopic (exact) mass is 452 g/mol. The van der Waals surface area contributed by atoms with E-state index in [1.807, 2.05) is 18.2 Å². The minimum absolute atomic E-state index is 0.236. The van der Waals surface area contributed by atoms with Crippen LogP contribution in [0.2, 0.25) is 5.02 Å². The molecule has 30 heavy (non-hydrogen) atoms. The summed E-state index contributed by atoms with van der Waals surface area (Å²) in [6, 6.07) is 10.6. The molecule has 10 heteroatoms. The van der Waals surface area contributed by atoms with Gasteiger partial charge < -0.3 is 15.2 Å². The number of H-pyrrole nitrogens is 1. The summed E-state index contributed by atoms with van der Waals surface area (Å²) in [5, 5.41) is 22.1. The summed E-state index contributed by atoms with van der Waals surface area (Å²) in [4.78, 5) is 0. The first-order valence-electron chi connectivity index (χ1n) is 9.52. The predicted molar refractivity (Wildman–Crippen MR) is 119 cm³/mol. The smallest absolute Gasteiger partial charge is 0.229 e. The number of halogens is 1. The standard InChI is InChI=1S/C20H25ClN4O4S/c1-3-17-15-6-5-14(11-18(15)24-23-17)29-9-8-22-12-20(26)13-4-7-16(21)19(10-13)25-30(2,27)28/h4-7,10-11,20,22,25-26H,3,8-9,12H2,1-2H3,(H,23,24)/t20-/m0/s1. The molecule has 0 saturated heterocycles. The SMILES string of the molecule is CCc1n[nH]c2cc(OCCNC[C@H](O)c3ccc(Cl)c(NS(C)(=O)=O)c3)ccc12. The molecule has 0 radical (unpaired) electrons. The van der Waals surface area contributed by atoms with Gasteiger partial charge in [-0.05, 0) is 36.2 Å². The Balaban J connectivity index is 1.48. The second kappa shape index (κ2) is 9.65. The van der Waals surface area contributed by atoms with E-state index >= 15 is 0 Å². The summed E-state index contributed by atoms with van der Waals surface area (Å²) >= 11 is 6.01. The molecule has 1 atom stereocenters. The summed E-state index contributed by atoms with van der Waals surface area (Å²) in [6.45, 7) is 3.30. The highest BCUT2D eigenvalue weighted by Gasteiger charge is 2.12. The number of hydrogen-bond acceptors (Lipinski definition) is 6. The van der Waals surface area contributed by atoms with Crippen molar-refractivity contribution in [3.05, 3.63) is 52.7 Å². The number of ether oxygens (including phenoxy) is 1. The second-order valence-electron chi connectivity index (χ2n) is 6.91. The summed E-state index contributed by atoms with van der Waals surface area (Å²) in [6.07, 6.45) is 1.09. The van der Waals surface area contributed by atoms with Gasteiger partial charge in [-0.1, -0.05) is 24.6 Å². The van der Waals surface area contributed by atoms with E-state index < -0.39 is 16.1 Å². The fourth-order valence-corrected chi connectivity index (χ4v) is 3.83. The van der Waals surface area contributed by atoms with Gasteiger partial charge in [0.25, 0.3) is 0 Å². The molecule has 4 N–H and O–H groups in total. The average molecular weight is 453 g/mol. The Labute approximate surface area is 180 Å². The first-order chi connectivity index (χ1) is 14.3. The summed E-state index contributed by atoms with van der Waals surface area (Å²) < 4.78 is 30.9. The highest BCUT2D eigenvalue weighted by atomic mass is 35.5. The van der Waals surface area contributed by atoms with Crippen molar-refractivity contribution in [1.82, 2.24) is 15.5 Å². The third kappa shape index (κ3) is 5.85. The van der Waals surface area contributed by atoms with E-state index in [0.29, 0.717) is 18.7 Å². The molecule has 0 fully saturated rings. The predicted octanol–water partition coefficient (Wildman–Crippen LogP) is 2.85. The lowest BCUT2D eigenvalue weighted by molar-refractivity contribution is 0.172. The molecule has 0 aliphatic heterocycles. The number of benzene rings is 2. The van der Waals surface area contributed by atoms with Crippen molar-refractivity contribution in [2.75, 3.05) is 30.7 Å². The highest BCUT2D eigenvalue weighted by molar-refractivity contribution is 7.92. The van der Waals surface area contributed by atoms with Gasteiger partial charge in [0.1, 0.15) is 12.4 Å². The average Bonchev–Trinajstić information content (AvgIpc) is 3.10. The second-order valence-corrected chi connectivity index (χ2v) is 9.07. The number of anilines is 1. The molecule has 1 heterocycles. The van der Waals surface area contributed by atoms with E-state index in [1.54, 1.807) is 12.1 Å². The lowest BCUT2D eigenvalue weighted by Crippen LogP contribution is -2.26. The summed E-state index contributed by atoms with van der Waals surface area (Å²) in [5.41, 5.74) is 2.76. The number of aryl methyl sites for hydroxylation is 1. The maximum atomic E-state index is 11.4. The normalized spacial score (nSPS) is 12.8. The molecule has 0 unspecified atom stereocenters. The van der Waals surface area contributed by atoms with Crippen molar-refractivity contribution in [2.24, 2.45) is 0 Å². The van der Waals surface area contributed by atoms with E-state index in [4.69, 9.17) is 16.3 Å². The van der Waals surface area contributed by atoms with Crippen molar-refractivity contribution < 1.29 is 18.3 Å². The molecular weight excluding hydrogens is 428 g/mol. The van der Waals surface area contributed by atoms with Gasteiger partial charge in [-0.15, -0.1) is 0 Å². The van der Waals surface area contributed by atoms with Gasteiger partial charge >= 0.3 is 0 Å². The van der Waals surface area contributed by atoms with Crippen molar-refractivity contribution >= 4 is 38.2 Å². The van der Waals surface area contributed by atoms with Crippen LogP contribution in [0.25, 0.3) is 10.9 Å². The number of aliphatic hydroxyl groups is 1. The number of sulfonamides is 1. The van der Waals surface area contributed by atoms with Gasteiger partial charge in [-0.2, -0.15) is 5.10 Å². The summed E-state index contributed by atoms with van der Waals surface area (Å²) in [7, 11) is -3.46. The van der Waals surface area contributed by atoms with E-state index in [2.05, 4.69) is 27.2 Å². The number of nitrogens with zero attached hydrogens (tertiary/aromatic N) is 1. The third-order valence-corrected chi connectivity index (χ3v) is 5.42. The topological polar surface area (TPSA) is 116 Å². The molecule has 0 aliphatic rings. The van der Waals surface area contributed by atoms with Crippen LogP contribution in [0, 0.1) is 0 Å². The fourth-order valence-electron chi connectivity index (χ4n) is 3.04. The zero-order chi connectivity index (χ0) is 21.7. The molecule has 162 valence electrons. The van der Waals surface area contributed by atoms with Gasteiger partial charge in [0, 0.05) is 24.5 Å². The molecular formula is C20H25ClN4O4S. The Morgan fingerprint density at radius 2 is 2.07 bits per heavy atom. The van der Waals surface area contributed by atoms with Gasteiger partial charge in [-0.25, -0.2) is 8.42 Å². The molecule has 0 spiro atoms. The van der Waals surface area contributed by atoms with Gasteiger partial charge in [-0.3, -0.25) is 9.82 Å². The van der Waals surface area contributed by atoms with Crippen molar-refractivity contribution in [2.45, 2.75) is 19.4 Å². The lowest BCUT2D eigenvalue weighted by atomic mass is 10.1. The number of aliphatic hydroxyl groups excluding tert-OH is 1. The highest BCUT2D eigenvalue weighted by Crippen LogP contribution is 2.26. The minimum Gasteiger partial charge on any atom is -0.492 e. The van der Waals surface area contributed by atoms with Crippen LogP contribution in [0.1, 0.15) is 24.3 Å². The van der Waals surface area contributed by atoms with E-state index in [9.17, 15) is 13.5 Å². The Kier molecular flexibility index (Phi) is 7.19. The molecule has 2 aromatic carbocycles. The van der Waals surface area contributed by atoms with Crippen LogP contribution in [-0.4, -0.2) is 49.7 Å². The Morgan fingerprint density at radius 1 is 1.27 bits per heavy atom. The Hall–Kier alpha value is -2.33. The molecule has 0 bridgehead atoms. The molecule has 0 aliphatic carbocycles. The molecule has 0 amide bonds. The lowest BCUT2D eigenvalue weighted by Gasteiger charge is -2.15. The quantitative estimate of drug-likeness (QED) is 0.351. The van der Waals surface area contributed by atoms with E-state index in [-0.39, 0.29) is 17.3 Å². The number of aromatic nitrogens is 2. The van der Waals surface area contributed by atoms with Crippen molar-refractivity contribution in [3.8, 4) is 5.75 Å². The first kappa shape index (κ1) is 22.4. The van der Waals surface area contributed by atoms with Crippen LogP contribution in [0.15, 0.2) is 36.4 Å². The molecule has 3 rings (SSSR count). The zero-order valence-electron chi connectivity index (χ0n) is 16.8. The van der Waals surface area contributed by atoms with Crippen LogP contribution in [0.3, 0.4) is 0 Å². The number of nitrogens with one attached hydrogen (secondary N) is 3. The van der Waals surface area contributed by atoms with Crippen molar-refractivity contribution in [1.29, 1.82) is 0 Å². The molecule has 0 saturated carbocycles. The number of aromatic amines is 1. The van der Waals surface area contributed by atoms with Gasteiger partial charge in [0.2, 0.25) is 10.0 Å². The van der Waals surface area contributed by atoms with Crippen LogP contribution in [0.5, 0.6) is 5.75 Å². The molecule has 3 aromatic rings. The first-order valence-corrected chi connectivity index (χ1v) is 11.8. The largest absolute Gasteiger partial charge is 0.492 e. The maximum Gasteiger partial charge on any atom is 0.229 e. The van der Waals surface area contributed by atoms with Crippen LogP contribution in [-0.2, 0) is 16.4 Å². The minimum atomic E-state index is -3.46. The number of hydrogen-bond donors (Lipinski definition) is 4. The van der Waals surface area contributed by atoms with E-state index in [1.165, 1.54) is 6.07 Å². The molecule has 1 aromatic heterocycles. The zero-order valence-corrected chi connectivity index (χ0v) is 18.3. The Morgan fingerprint density at radius 3 is 2.80 bits per heavy atom. The summed E-state index contributed by atoms with van der Waals surface area (Å²) in [5.74, 6) is 0.741. The maximum absolute atomic E-state index is 11.4. The van der Waals surface area contributed by atoms with Crippen LogP contribution in [0.4, 0.5) is 5.69 Å². The Bertz CT molecular complexity index is 1120. The number of rotatable bonds is 10. The number of fused-ring (bicyclic) bond motifs is 1. The van der Waals surface area contributed by atoms with Gasteiger partial charge in [0.05, 0.1) is 34.3 Å².